The van der Waals surface area contributed by atoms with Gasteiger partial charge in [0.05, 0.1) is 11.8 Å². The number of hydrogen-bond acceptors (Lipinski definition) is 3. The number of hydrogen-bond donors (Lipinski definition) is 3. The minimum absolute atomic E-state index is 0.222. The van der Waals surface area contributed by atoms with Crippen LogP contribution in [0.3, 0.4) is 0 Å². The van der Waals surface area contributed by atoms with Crippen molar-refractivity contribution in [2.75, 3.05) is 5.32 Å². The van der Waals surface area contributed by atoms with E-state index in [2.05, 4.69) is 5.32 Å². The molecule has 0 heterocycles. The van der Waals surface area contributed by atoms with Crippen LogP contribution < -0.4 is 11.1 Å². The van der Waals surface area contributed by atoms with E-state index in [4.69, 9.17) is 22.7 Å². The number of nitrogens with two attached hydrogens (primary N) is 1. The third-order valence-electron chi connectivity index (χ3n) is 5.03. The largest absolute Gasteiger partial charge is 0.321 e. The van der Waals surface area contributed by atoms with Gasteiger partial charge in [-0.25, -0.2) is 0 Å². The van der Waals surface area contributed by atoms with Crippen LogP contribution in [0.2, 0.25) is 5.02 Å². The smallest absolute Gasteiger partial charge is 0.255 e. The highest BCUT2D eigenvalue weighted by molar-refractivity contribution is 6.32. The first-order chi connectivity index (χ1) is 14.5. The molecule has 0 aromatic heterocycles. The summed E-state index contributed by atoms with van der Waals surface area (Å²) in [6.07, 6.45) is 3.79. The number of amides is 1. The summed E-state index contributed by atoms with van der Waals surface area (Å²) in [4.78, 5) is 12.7. The van der Waals surface area contributed by atoms with Crippen LogP contribution in [0.1, 0.15) is 21.5 Å². The maximum absolute atomic E-state index is 12.7. The van der Waals surface area contributed by atoms with Crippen molar-refractivity contribution in [2.45, 2.75) is 6.04 Å². The van der Waals surface area contributed by atoms with Crippen molar-refractivity contribution in [1.82, 2.24) is 0 Å². The van der Waals surface area contributed by atoms with Gasteiger partial charge in [-0.2, -0.15) is 0 Å². The summed E-state index contributed by atoms with van der Waals surface area (Å²) in [5, 5.41) is 12.1. The molecular weight excluding hydrogens is 394 g/mol. The lowest BCUT2D eigenvalue weighted by atomic mass is 9.84. The van der Waals surface area contributed by atoms with Gasteiger partial charge in [0.1, 0.15) is 0 Å². The van der Waals surface area contributed by atoms with Crippen molar-refractivity contribution in [3.8, 4) is 0 Å². The predicted molar refractivity (Wildman–Crippen MR) is 124 cm³/mol. The van der Waals surface area contributed by atoms with E-state index in [9.17, 15) is 4.79 Å². The highest BCUT2D eigenvalue weighted by atomic mass is 35.5. The highest BCUT2D eigenvalue weighted by Gasteiger charge is 2.25. The molecule has 0 aliphatic heterocycles. The molecule has 4 nitrogen and oxygen atoms in total. The average molecular weight is 414 g/mol. The molecule has 1 aliphatic carbocycles. The maximum Gasteiger partial charge on any atom is 0.255 e. The second-order valence-corrected chi connectivity index (χ2v) is 7.41. The number of benzene rings is 3. The molecule has 1 aliphatic rings. The van der Waals surface area contributed by atoms with E-state index in [-0.39, 0.29) is 5.91 Å². The summed E-state index contributed by atoms with van der Waals surface area (Å²) in [5.41, 5.74) is 11.1. The van der Waals surface area contributed by atoms with E-state index in [0.717, 1.165) is 16.7 Å². The van der Waals surface area contributed by atoms with Crippen LogP contribution in [-0.2, 0) is 0 Å². The van der Waals surface area contributed by atoms with Gasteiger partial charge in [0.25, 0.3) is 5.91 Å². The van der Waals surface area contributed by atoms with Crippen molar-refractivity contribution < 1.29 is 4.79 Å². The van der Waals surface area contributed by atoms with Crippen LogP contribution in [0, 0.1) is 5.41 Å². The van der Waals surface area contributed by atoms with Gasteiger partial charge in [0.15, 0.2) is 0 Å². The summed E-state index contributed by atoms with van der Waals surface area (Å²) >= 11 is 6.25. The molecule has 148 valence electrons. The minimum Gasteiger partial charge on any atom is -0.321 e. The fourth-order valence-electron chi connectivity index (χ4n) is 3.46. The van der Waals surface area contributed by atoms with E-state index < -0.39 is 6.04 Å². The van der Waals surface area contributed by atoms with E-state index in [1.165, 1.54) is 0 Å². The number of halogens is 1. The van der Waals surface area contributed by atoms with Gasteiger partial charge >= 0.3 is 0 Å². The molecule has 5 heteroatoms. The fraction of sp³-hybridized carbons (Fsp3) is 0.0400. The number of rotatable bonds is 4. The van der Waals surface area contributed by atoms with Crippen molar-refractivity contribution >= 4 is 40.1 Å². The summed E-state index contributed by atoms with van der Waals surface area (Å²) in [6.45, 7) is 0. The molecule has 0 saturated carbocycles. The van der Waals surface area contributed by atoms with Crippen LogP contribution in [0.15, 0.2) is 91.0 Å². The molecule has 3 aromatic rings. The first-order valence-corrected chi connectivity index (χ1v) is 9.90. The number of nitrogens with one attached hydrogen (secondary N) is 2. The number of carbonyl (C=O) groups is 1. The van der Waals surface area contributed by atoms with Crippen molar-refractivity contribution in [2.24, 2.45) is 5.73 Å². The Morgan fingerprint density at radius 2 is 1.60 bits per heavy atom. The summed E-state index contributed by atoms with van der Waals surface area (Å²) < 4.78 is 0. The van der Waals surface area contributed by atoms with Crippen LogP contribution >= 0.6 is 11.6 Å². The quantitative estimate of drug-likeness (QED) is 0.534. The van der Waals surface area contributed by atoms with Crippen LogP contribution in [0.5, 0.6) is 0 Å². The summed E-state index contributed by atoms with van der Waals surface area (Å²) in [6, 6.07) is 23.3. The van der Waals surface area contributed by atoms with E-state index in [1.54, 1.807) is 30.3 Å². The summed E-state index contributed by atoms with van der Waals surface area (Å²) in [5.74, 6) is -0.222. The SMILES string of the molecule is N=C1C(c2ccccc2)=CC=C(c2cc(Cl)ccc2NC(=O)c2ccccc2)C1N. The zero-order chi connectivity index (χ0) is 21.1. The van der Waals surface area contributed by atoms with Gasteiger partial charge in [0, 0.05) is 27.4 Å². The van der Waals surface area contributed by atoms with Crippen LogP contribution in [0.4, 0.5) is 5.69 Å². The van der Waals surface area contributed by atoms with E-state index >= 15 is 0 Å². The first-order valence-electron chi connectivity index (χ1n) is 9.52. The lowest BCUT2D eigenvalue weighted by Crippen LogP contribution is -2.34. The maximum atomic E-state index is 12.7. The molecule has 1 atom stereocenters. The molecular formula is C25H20ClN3O. The first kappa shape index (κ1) is 19.8. The molecule has 0 bridgehead atoms. The second-order valence-electron chi connectivity index (χ2n) is 6.97. The fourth-order valence-corrected chi connectivity index (χ4v) is 3.64. The van der Waals surface area contributed by atoms with Gasteiger partial charge < -0.3 is 16.5 Å². The Balaban J connectivity index is 1.72. The highest BCUT2D eigenvalue weighted by Crippen LogP contribution is 2.34. The van der Waals surface area contributed by atoms with Gasteiger partial charge in [0.2, 0.25) is 0 Å². The van der Waals surface area contributed by atoms with Crippen molar-refractivity contribution in [3.05, 3.63) is 113 Å². The second kappa shape index (κ2) is 8.49. The monoisotopic (exact) mass is 413 g/mol. The Morgan fingerprint density at radius 3 is 2.30 bits per heavy atom. The molecule has 1 unspecified atom stereocenters. The zero-order valence-electron chi connectivity index (χ0n) is 16.1. The molecule has 4 N–H and O–H groups in total. The third-order valence-corrected chi connectivity index (χ3v) is 5.26. The standard InChI is InChI=1S/C25H20ClN3O/c26-18-11-14-22(29-25(30)17-9-5-2-6-10-17)21(15-18)20-13-12-19(23(27)24(20)28)16-7-3-1-4-8-16/h1-15,24,27H,28H2,(H,29,30). The van der Waals surface area contributed by atoms with Crippen molar-refractivity contribution in [1.29, 1.82) is 5.41 Å². The Hall–Kier alpha value is -3.47. The van der Waals surface area contributed by atoms with E-state index in [1.807, 2.05) is 60.7 Å². The Morgan fingerprint density at radius 1 is 0.933 bits per heavy atom. The van der Waals surface area contributed by atoms with Gasteiger partial charge in [-0.15, -0.1) is 0 Å². The molecule has 4 rings (SSSR count). The topological polar surface area (TPSA) is 79.0 Å². The molecule has 3 aromatic carbocycles. The van der Waals surface area contributed by atoms with Gasteiger partial charge in [-0.3, -0.25) is 4.79 Å². The lowest BCUT2D eigenvalue weighted by Gasteiger charge is -2.25. The predicted octanol–water partition coefficient (Wildman–Crippen LogP) is 5.42. The Labute approximate surface area is 180 Å². The molecule has 0 saturated heterocycles. The third kappa shape index (κ3) is 3.96. The lowest BCUT2D eigenvalue weighted by molar-refractivity contribution is 0.102. The zero-order valence-corrected chi connectivity index (χ0v) is 16.9. The number of carbonyl (C=O) groups excluding carboxylic acids is 1. The molecule has 0 fully saturated rings. The molecule has 0 radical (unpaired) electrons. The van der Waals surface area contributed by atoms with Gasteiger partial charge in [-0.05, 0) is 41.5 Å². The summed E-state index contributed by atoms with van der Waals surface area (Å²) in [7, 11) is 0. The number of allylic oxidation sites excluding steroid dienone is 2. The molecule has 0 spiro atoms. The average Bonchev–Trinajstić information content (AvgIpc) is 2.78. The van der Waals surface area contributed by atoms with Gasteiger partial charge in [-0.1, -0.05) is 72.3 Å². The Kier molecular flexibility index (Phi) is 5.61. The molecule has 30 heavy (non-hydrogen) atoms. The van der Waals surface area contributed by atoms with Crippen LogP contribution in [0.25, 0.3) is 11.1 Å². The Bertz CT molecular complexity index is 1170. The normalized spacial score (nSPS) is 15.9. The molecule has 1 amide bonds. The van der Waals surface area contributed by atoms with E-state index in [0.29, 0.717) is 27.5 Å². The van der Waals surface area contributed by atoms with Crippen molar-refractivity contribution in [3.63, 3.8) is 0 Å². The van der Waals surface area contributed by atoms with Crippen LogP contribution in [-0.4, -0.2) is 17.7 Å². The number of anilines is 1. The minimum atomic E-state index is -0.643.